The fraction of sp³-hybridized carbons (Fsp3) is 0.200. The van der Waals surface area contributed by atoms with Crippen molar-refractivity contribution >= 4 is 15.9 Å². The van der Waals surface area contributed by atoms with Gasteiger partial charge in [-0.1, -0.05) is 15.9 Å². The zero-order chi connectivity index (χ0) is 10.5. The van der Waals surface area contributed by atoms with Gasteiger partial charge in [-0.25, -0.2) is 9.67 Å². The molecule has 1 heterocycles. The molecular weight excluding hydrogens is 258 g/mol. The molecule has 0 bridgehead atoms. The molecule has 0 aliphatic carbocycles. The lowest BCUT2D eigenvalue weighted by molar-refractivity contribution is 0.291. The summed E-state index contributed by atoms with van der Waals surface area (Å²) in [6.45, 7) is 1.29. The summed E-state index contributed by atoms with van der Waals surface area (Å²) in [7, 11) is 0. The quantitative estimate of drug-likeness (QED) is 0.852. The smallest absolute Gasteiger partial charge is 0.137 e. The molecule has 0 spiro atoms. The summed E-state index contributed by atoms with van der Waals surface area (Å²) in [5.74, 6) is 0.860. The van der Waals surface area contributed by atoms with E-state index in [0.717, 1.165) is 10.2 Å². The minimum Gasteiger partial charge on any atom is -0.492 e. The summed E-state index contributed by atoms with van der Waals surface area (Å²) in [5.41, 5.74) is 0. The van der Waals surface area contributed by atoms with Gasteiger partial charge in [0.05, 0.1) is 6.54 Å². The molecule has 0 saturated carbocycles. The molecule has 0 N–H and O–H groups in total. The monoisotopic (exact) mass is 267 g/mol. The van der Waals surface area contributed by atoms with Crippen molar-refractivity contribution in [2.24, 2.45) is 0 Å². The molecule has 1 aromatic carbocycles. The highest BCUT2D eigenvalue weighted by Crippen LogP contribution is 2.15. The molecule has 1 aromatic heterocycles. The van der Waals surface area contributed by atoms with Crippen molar-refractivity contribution in [3.05, 3.63) is 41.4 Å². The van der Waals surface area contributed by atoms with Gasteiger partial charge in [-0.05, 0) is 24.3 Å². The molecule has 0 aliphatic rings. The number of ether oxygens (including phenoxy) is 1. The third-order valence-electron chi connectivity index (χ3n) is 1.87. The molecule has 15 heavy (non-hydrogen) atoms. The standard InChI is InChI=1S/C10H10BrN3O/c11-9-1-3-10(4-2-9)15-6-5-14-8-12-7-13-14/h1-4,7-8H,5-6H2. The van der Waals surface area contributed by atoms with Gasteiger partial charge < -0.3 is 4.74 Å². The van der Waals surface area contributed by atoms with E-state index in [9.17, 15) is 0 Å². The van der Waals surface area contributed by atoms with Gasteiger partial charge in [0, 0.05) is 4.47 Å². The van der Waals surface area contributed by atoms with E-state index in [1.54, 1.807) is 11.0 Å². The number of aromatic nitrogens is 3. The molecule has 0 radical (unpaired) electrons. The van der Waals surface area contributed by atoms with E-state index in [2.05, 4.69) is 26.0 Å². The highest BCUT2D eigenvalue weighted by molar-refractivity contribution is 9.10. The van der Waals surface area contributed by atoms with Crippen LogP contribution in [0.1, 0.15) is 0 Å². The van der Waals surface area contributed by atoms with Crippen molar-refractivity contribution < 1.29 is 4.74 Å². The molecule has 0 fully saturated rings. The van der Waals surface area contributed by atoms with E-state index in [-0.39, 0.29) is 0 Å². The zero-order valence-electron chi connectivity index (χ0n) is 8.01. The van der Waals surface area contributed by atoms with Gasteiger partial charge in [0.2, 0.25) is 0 Å². The lowest BCUT2D eigenvalue weighted by Crippen LogP contribution is -2.08. The van der Waals surface area contributed by atoms with Crippen LogP contribution >= 0.6 is 15.9 Å². The lowest BCUT2D eigenvalue weighted by Gasteiger charge is -2.05. The predicted molar refractivity (Wildman–Crippen MR) is 59.7 cm³/mol. The Kier molecular flexibility index (Phi) is 3.34. The van der Waals surface area contributed by atoms with E-state index in [1.165, 1.54) is 6.33 Å². The van der Waals surface area contributed by atoms with Gasteiger partial charge in [-0.3, -0.25) is 0 Å². The van der Waals surface area contributed by atoms with Crippen LogP contribution in [0.4, 0.5) is 0 Å². The Labute approximate surface area is 96.0 Å². The third-order valence-corrected chi connectivity index (χ3v) is 2.40. The van der Waals surface area contributed by atoms with Crippen molar-refractivity contribution in [1.29, 1.82) is 0 Å². The van der Waals surface area contributed by atoms with Gasteiger partial charge in [-0.2, -0.15) is 5.10 Å². The molecule has 78 valence electrons. The Morgan fingerprint density at radius 2 is 2.07 bits per heavy atom. The van der Waals surface area contributed by atoms with Crippen LogP contribution in [0.3, 0.4) is 0 Å². The number of hydrogen-bond donors (Lipinski definition) is 0. The van der Waals surface area contributed by atoms with Gasteiger partial charge >= 0.3 is 0 Å². The summed E-state index contributed by atoms with van der Waals surface area (Å²) in [6.07, 6.45) is 3.19. The molecule has 4 nitrogen and oxygen atoms in total. The molecule has 0 atom stereocenters. The molecular formula is C10H10BrN3O. The molecule has 0 unspecified atom stereocenters. The van der Waals surface area contributed by atoms with Crippen LogP contribution < -0.4 is 4.74 Å². The molecule has 0 saturated heterocycles. The minimum absolute atomic E-state index is 0.588. The van der Waals surface area contributed by atoms with E-state index in [0.29, 0.717) is 13.2 Å². The Morgan fingerprint density at radius 3 is 2.73 bits per heavy atom. The number of nitrogens with zero attached hydrogens (tertiary/aromatic N) is 3. The first-order valence-corrected chi connectivity index (χ1v) is 5.35. The van der Waals surface area contributed by atoms with Crippen LogP contribution in [0.2, 0.25) is 0 Å². The Bertz CT molecular complexity index is 399. The van der Waals surface area contributed by atoms with Crippen molar-refractivity contribution in [2.75, 3.05) is 6.61 Å². The average molecular weight is 268 g/mol. The molecule has 0 amide bonds. The van der Waals surface area contributed by atoms with Crippen molar-refractivity contribution in [1.82, 2.24) is 14.8 Å². The molecule has 2 aromatic rings. The summed E-state index contributed by atoms with van der Waals surface area (Å²) < 4.78 is 8.31. The highest BCUT2D eigenvalue weighted by Gasteiger charge is 1.94. The summed E-state index contributed by atoms with van der Waals surface area (Å²) in [4.78, 5) is 3.85. The number of halogens is 1. The average Bonchev–Trinajstić information content (AvgIpc) is 2.74. The fourth-order valence-electron chi connectivity index (χ4n) is 1.14. The van der Waals surface area contributed by atoms with Crippen molar-refractivity contribution in [2.45, 2.75) is 6.54 Å². The van der Waals surface area contributed by atoms with Gasteiger partial charge in [-0.15, -0.1) is 0 Å². The second kappa shape index (κ2) is 4.93. The van der Waals surface area contributed by atoms with Crippen molar-refractivity contribution in [3.63, 3.8) is 0 Å². The molecule has 2 rings (SSSR count). The SMILES string of the molecule is Brc1ccc(OCCn2cncn2)cc1. The van der Waals surface area contributed by atoms with Crippen LogP contribution in [0.5, 0.6) is 5.75 Å². The van der Waals surface area contributed by atoms with Crippen LogP contribution in [-0.2, 0) is 6.54 Å². The number of rotatable bonds is 4. The lowest BCUT2D eigenvalue weighted by atomic mass is 10.3. The second-order valence-electron chi connectivity index (χ2n) is 2.96. The summed E-state index contributed by atoms with van der Waals surface area (Å²) in [5, 5.41) is 3.98. The number of benzene rings is 1. The predicted octanol–water partition coefficient (Wildman–Crippen LogP) is 2.12. The van der Waals surface area contributed by atoms with E-state index in [4.69, 9.17) is 4.74 Å². The highest BCUT2D eigenvalue weighted by atomic mass is 79.9. The van der Waals surface area contributed by atoms with Crippen LogP contribution in [0.15, 0.2) is 41.4 Å². The van der Waals surface area contributed by atoms with Crippen LogP contribution in [0.25, 0.3) is 0 Å². The molecule has 0 aliphatic heterocycles. The topological polar surface area (TPSA) is 39.9 Å². The summed E-state index contributed by atoms with van der Waals surface area (Å²) in [6, 6.07) is 7.74. The Morgan fingerprint density at radius 1 is 1.27 bits per heavy atom. The second-order valence-corrected chi connectivity index (χ2v) is 3.88. The fourth-order valence-corrected chi connectivity index (χ4v) is 1.40. The van der Waals surface area contributed by atoms with Crippen LogP contribution in [-0.4, -0.2) is 21.4 Å². The maximum atomic E-state index is 5.52. The maximum Gasteiger partial charge on any atom is 0.137 e. The summed E-state index contributed by atoms with van der Waals surface area (Å²) >= 11 is 3.37. The first-order valence-electron chi connectivity index (χ1n) is 4.55. The van der Waals surface area contributed by atoms with E-state index in [1.807, 2.05) is 24.3 Å². The van der Waals surface area contributed by atoms with E-state index >= 15 is 0 Å². The minimum atomic E-state index is 0.588. The Balaban J connectivity index is 1.81. The zero-order valence-corrected chi connectivity index (χ0v) is 9.59. The van der Waals surface area contributed by atoms with E-state index < -0.39 is 0 Å². The largest absolute Gasteiger partial charge is 0.492 e. The number of hydrogen-bond acceptors (Lipinski definition) is 3. The molecule has 5 heteroatoms. The van der Waals surface area contributed by atoms with Gasteiger partial charge in [0.25, 0.3) is 0 Å². The van der Waals surface area contributed by atoms with Crippen molar-refractivity contribution in [3.8, 4) is 5.75 Å². The van der Waals surface area contributed by atoms with Gasteiger partial charge in [0.15, 0.2) is 0 Å². The maximum absolute atomic E-state index is 5.52. The normalized spacial score (nSPS) is 10.2. The Hall–Kier alpha value is -1.36. The third kappa shape index (κ3) is 3.06. The van der Waals surface area contributed by atoms with Gasteiger partial charge in [0.1, 0.15) is 25.0 Å². The van der Waals surface area contributed by atoms with Crippen LogP contribution in [0, 0.1) is 0 Å². The first kappa shape index (κ1) is 10.2. The first-order chi connectivity index (χ1) is 7.34.